The van der Waals surface area contributed by atoms with Crippen molar-refractivity contribution in [2.24, 2.45) is 5.73 Å². The van der Waals surface area contributed by atoms with E-state index >= 15 is 0 Å². The lowest BCUT2D eigenvalue weighted by atomic mass is 10.1. The van der Waals surface area contributed by atoms with Gasteiger partial charge in [0.25, 0.3) is 0 Å². The summed E-state index contributed by atoms with van der Waals surface area (Å²) in [7, 11) is 0. The van der Waals surface area contributed by atoms with Crippen LogP contribution in [0.4, 0.5) is 0 Å². The first-order valence-corrected chi connectivity index (χ1v) is 6.73. The number of benzene rings is 1. The molecule has 114 valence electrons. The normalized spacial score (nSPS) is 11.7. The zero-order valence-corrected chi connectivity index (χ0v) is 12.3. The Morgan fingerprint density at radius 3 is 2.57 bits per heavy atom. The van der Waals surface area contributed by atoms with E-state index in [-0.39, 0.29) is 6.42 Å². The van der Waals surface area contributed by atoms with Gasteiger partial charge >= 0.3 is 5.97 Å². The molecule has 7 heteroatoms. The number of hydrogen-bond acceptors (Lipinski definition) is 3. The topological polar surface area (TPSA) is 109 Å². The molecular weight excluding hydrogens is 296 g/mol. The number of carboxylic acid groups (broad SMARTS) is 1. The lowest BCUT2D eigenvalue weighted by Gasteiger charge is -2.12. The van der Waals surface area contributed by atoms with Gasteiger partial charge in [-0.2, -0.15) is 0 Å². The minimum Gasteiger partial charge on any atom is -0.480 e. The summed E-state index contributed by atoms with van der Waals surface area (Å²) in [5.41, 5.74) is 6.75. The number of hydrogen-bond donors (Lipinski definition) is 3. The predicted octanol–water partition coefficient (Wildman–Crippen LogP) is 1.03. The van der Waals surface area contributed by atoms with Crippen LogP contribution in [0.2, 0.25) is 5.02 Å². The van der Waals surface area contributed by atoms with E-state index in [4.69, 9.17) is 22.4 Å². The Morgan fingerprint density at radius 1 is 1.38 bits per heavy atom. The first kappa shape index (κ1) is 17.0. The average Bonchev–Trinajstić information content (AvgIpc) is 2.38. The molecule has 0 heterocycles. The quantitative estimate of drug-likeness (QED) is 0.698. The molecule has 1 aromatic carbocycles. The van der Waals surface area contributed by atoms with Gasteiger partial charge in [-0.15, -0.1) is 0 Å². The van der Waals surface area contributed by atoms with E-state index in [1.165, 1.54) is 0 Å². The Hall–Kier alpha value is -2.08. The Bertz CT molecular complexity index is 560. The molecule has 0 unspecified atom stereocenters. The first-order chi connectivity index (χ1) is 9.79. The van der Waals surface area contributed by atoms with Gasteiger partial charge in [-0.1, -0.05) is 23.7 Å². The van der Waals surface area contributed by atoms with Crippen LogP contribution >= 0.6 is 11.6 Å². The van der Waals surface area contributed by atoms with E-state index in [2.05, 4.69) is 5.32 Å². The third-order valence-corrected chi connectivity index (χ3v) is 3.32. The molecule has 0 aliphatic rings. The van der Waals surface area contributed by atoms with Gasteiger partial charge in [-0.05, 0) is 30.5 Å². The standard InChI is InChI=1S/C14H17ClN2O4/c1-8-2-3-9(6-10(8)15)4-5-13(19)17-11(14(20)21)7-12(16)18/h2-3,6,11H,4-5,7H2,1H3,(H2,16,18)(H,17,19)(H,20,21)/t11-/m0/s1. The second-order valence-electron chi connectivity index (χ2n) is 4.71. The summed E-state index contributed by atoms with van der Waals surface area (Å²) in [4.78, 5) is 33.3. The molecule has 0 aliphatic heterocycles. The number of nitrogens with two attached hydrogens (primary N) is 1. The maximum absolute atomic E-state index is 11.7. The second kappa shape index (κ2) is 7.64. The number of rotatable bonds is 7. The number of amides is 2. The van der Waals surface area contributed by atoms with Crippen molar-refractivity contribution in [2.75, 3.05) is 0 Å². The summed E-state index contributed by atoms with van der Waals surface area (Å²) in [6.07, 6.45) is 0.0914. The molecule has 1 aromatic rings. The number of aliphatic carboxylic acids is 1. The molecule has 0 bridgehead atoms. The summed E-state index contributed by atoms with van der Waals surface area (Å²) < 4.78 is 0. The minimum atomic E-state index is -1.29. The zero-order chi connectivity index (χ0) is 16.0. The van der Waals surface area contributed by atoms with Gasteiger partial charge < -0.3 is 16.2 Å². The maximum Gasteiger partial charge on any atom is 0.326 e. The Kier molecular flexibility index (Phi) is 6.17. The SMILES string of the molecule is Cc1ccc(CCC(=O)N[C@@H](CC(N)=O)C(=O)O)cc1Cl. The summed E-state index contributed by atoms with van der Waals surface area (Å²) in [6.45, 7) is 1.88. The van der Waals surface area contributed by atoms with Gasteiger partial charge in [0.15, 0.2) is 0 Å². The lowest BCUT2D eigenvalue weighted by molar-refractivity contribution is -0.143. The molecule has 0 fully saturated rings. The van der Waals surface area contributed by atoms with E-state index in [9.17, 15) is 14.4 Å². The molecule has 0 aromatic heterocycles. The molecule has 0 spiro atoms. The molecule has 2 amide bonds. The van der Waals surface area contributed by atoms with Crippen molar-refractivity contribution >= 4 is 29.4 Å². The van der Waals surface area contributed by atoms with Crippen molar-refractivity contribution in [3.8, 4) is 0 Å². The monoisotopic (exact) mass is 312 g/mol. The van der Waals surface area contributed by atoms with E-state index in [0.717, 1.165) is 11.1 Å². The number of nitrogens with one attached hydrogen (secondary N) is 1. The molecule has 0 saturated heterocycles. The summed E-state index contributed by atoms with van der Waals surface area (Å²) >= 11 is 5.98. The van der Waals surface area contributed by atoms with Crippen molar-refractivity contribution in [3.63, 3.8) is 0 Å². The fraction of sp³-hybridized carbons (Fsp3) is 0.357. The molecule has 21 heavy (non-hydrogen) atoms. The highest BCUT2D eigenvalue weighted by molar-refractivity contribution is 6.31. The number of carbonyl (C=O) groups is 3. The van der Waals surface area contributed by atoms with Crippen molar-refractivity contribution in [2.45, 2.75) is 32.2 Å². The third-order valence-electron chi connectivity index (χ3n) is 2.92. The number of carbonyl (C=O) groups excluding carboxylic acids is 2. The summed E-state index contributed by atoms with van der Waals surface area (Å²) in [5.74, 6) is -2.53. The molecule has 0 aliphatic carbocycles. The number of aryl methyl sites for hydroxylation is 2. The highest BCUT2D eigenvalue weighted by Gasteiger charge is 2.21. The van der Waals surface area contributed by atoms with Gasteiger partial charge in [0.2, 0.25) is 11.8 Å². The largest absolute Gasteiger partial charge is 0.480 e. The van der Waals surface area contributed by atoms with Gasteiger partial charge in [0, 0.05) is 11.4 Å². The Morgan fingerprint density at radius 2 is 2.05 bits per heavy atom. The highest BCUT2D eigenvalue weighted by atomic mass is 35.5. The van der Waals surface area contributed by atoms with Crippen LogP contribution in [0, 0.1) is 6.92 Å². The number of carboxylic acids is 1. The van der Waals surface area contributed by atoms with Crippen LogP contribution in [-0.2, 0) is 20.8 Å². The van der Waals surface area contributed by atoms with E-state index in [1.807, 2.05) is 19.1 Å². The van der Waals surface area contributed by atoms with Crippen LogP contribution < -0.4 is 11.1 Å². The first-order valence-electron chi connectivity index (χ1n) is 6.35. The smallest absolute Gasteiger partial charge is 0.326 e. The molecule has 0 saturated carbocycles. The minimum absolute atomic E-state index is 0.0991. The zero-order valence-electron chi connectivity index (χ0n) is 11.6. The summed E-state index contributed by atoms with van der Waals surface area (Å²) in [6, 6.07) is 4.17. The van der Waals surface area contributed by atoms with Crippen molar-refractivity contribution in [3.05, 3.63) is 34.3 Å². The molecule has 4 N–H and O–H groups in total. The number of primary amides is 1. The fourth-order valence-corrected chi connectivity index (χ4v) is 1.92. The Labute approximate surface area is 127 Å². The second-order valence-corrected chi connectivity index (χ2v) is 5.12. The van der Waals surface area contributed by atoms with Crippen LogP contribution in [-0.4, -0.2) is 28.9 Å². The van der Waals surface area contributed by atoms with Crippen LogP contribution in [0.3, 0.4) is 0 Å². The van der Waals surface area contributed by atoms with E-state index < -0.39 is 30.2 Å². The van der Waals surface area contributed by atoms with Crippen molar-refractivity contribution < 1.29 is 19.5 Å². The van der Waals surface area contributed by atoms with Crippen LogP contribution in [0.5, 0.6) is 0 Å². The van der Waals surface area contributed by atoms with Crippen LogP contribution in [0.15, 0.2) is 18.2 Å². The predicted molar refractivity (Wildman–Crippen MR) is 77.9 cm³/mol. The molecule has 1 atom stereocenters. The number of halogens is 1. The molecule has 0 radical (unpaired) electrons. The van der Waals surface area contributed by atoms with Gasteiger partial charge in [0.1, 0.15) is 6.04 Å². The average molecular weight is 313 g/mol. The van der Waals surface area contributed by atoms with Crippen LogP contribution in [0.1, 0.15) is 24.0 Å². The van der Waals surface area contributed by atoms with Gasteiger partial charge in [-0.25, -0.2) is 4.79 Å². The van der Waals surface area contributed by atoms with Crippen molar-refractivity contribution in [1.29, 1.82) is 0 Å². The van der Waals surface area contributed by atoms with Crippen LogP contribution in [0.25, 0.3) is 0 Å². The van der Waals surface area contributed by atoms with Crippen molar-refractivity contribution in [1.82, 2.24) is 5.32 Å². The fourth-order valence-electron chi connectivity index (χ4n) is 1.72. The van der Waals surface area contributed by atoms with E-state index in [0.29, 0.717) is 11.4 Å². The molecule has 6 nitrogen and oxygen atoms in total. The van der Waals surface area contributed by atoms with Gasteiger partial charge in [-0.3, -0.25) is 9.59 Å². The van der Waals surface area contributed by atoms with Gasteiger partial charge in [0.05, 0.1) is 6.42 Å². The highest BCUT2D eigenvalue weighted by Crippen LogP contribution is 2.17. The lowest BCUT2D eigenvalue weighted by Crippen LogP contribution is -2.43. The maximum atomic E-state index is 11.7. The third kappa shape index (κ3) is 5.83. The molecular formula is C14H17ClN2O4. The Balaban J connectivity index is 2.54. The van der Waals surface area contributed by atoms with E-state index in [1.54, 1.807) is 6.07 Å². The molecule has 1 rings (SSSR count). The summed E-state index contributed by atoms with van der Waals surface area (Å²) in [5, 5.41) is 11.8.